The number of aliphatic hydroxyl groups is 1. The van der Waals surface area contributed by atoms with Crippen LogP contribution in [0.3, 0.4) is 0 Å². The van der Waals surface area contributed by atoms with Crippen LogP contribution in [0.25, 0.3) is 0 Å². The van der Waals surface area contributed by atoms with Crippen LogP contribution < -0.4 is 14.8 Å². The zero-order valence-electron chi connectivity index (χ0n) is 24.9. The average molecular weight is 567 g/mol. The fraction of sp³-hybridized carbons (Fsp3) is 0.576. The maximum atomic E-state index is 13.9. The number of carbonyl (C=O) groups excluding carboxylic acids is 2. The average Bonchev–Trinajstić information content (AvgIpc) is 3.62. The number of nitrogens with zero attached hydrogens (tertiary/aromatic N) is 1. The van der Waals surface area contributed by atoms with E-state index in [0.29, 0.717) is 31.0 Å². The van der Waals surface area contributed by atoms with Gasteiger partial charge in [-0.2, -0.15) is 0 Å². The van der Waals surface area contributed by atoms with E-state index >= 15 is 0 Å². The maximum absolute atomic E-state index is 13.9. The van der Waals surface area contributed by atoms with Crippen LogP contribution in [0.15, 0.2) is 48.5 Å². The summed E-state index contributed by atoms with van der Waals surface area (Å²) in [5.74, 6) is 1.11. The number of unbranched alkanes of at least 4 members (excludes halogenated alkanes) is 1. The Morgan fingerprint density at radius 2 is 1.85 bits per heavy atom. The van der Waals surface area contributed by atoms with Crippen LogP contribution in [0.4, 0.5) is 4.79 Å². The predicted molar refractivity (Wildman–Crippen MR) is 158 cm³/mol. The minimum atomic E-state index is -0.702. The van der Waals surface area contributed by atoms with Crippen molar-refractivity contribution in [3.05, 3.63) is 59.7 Å². The molecule has 0 bridgehead atoms. The van der Waals surface area contributed by atoms with Crippen molar-refractivity contribution in [2.24, 2.45) is 5.41 Å². The van der Waals surface area contributed by atoms with E-state index in [4.69, 9.17) is 14.2 Å². The molecule has 4 atom stereocenters. The van der Waals surface area contributed by atoms with E-state index in [1.807, 2.05) is 55.5 Å². The smallest absolute Gasteiger partial charge is 0.408 e. The molecule has 1 aliphatic heterocycles. The third-order valence-electron chi connectivity index (χ3n) is 8.83. The predicted octanol–water partition coefficient (Wildman–Crippen LogP) is 5.81. The van der Waals surface area contributed by atoms with E-state index in [9.17, 15) is 14.7 Å². The third-order valence-corrected chi connectivity index (χ3v) is 8.83. The van der Waals surface area contributed by atoms with E-state index in [-0.39, 0.29) is 24.5 Å². The van der Waals surface area contributed by atoms with Crippen LogP contribution in [-0.2, 0) is 16.1 Å². The second kappa shape index (κ2) is 14.1. The van der Waals surface area contributed by atoms with E-state index in [2.05, 4.69) is 12.2 Å². The number of hydrogen-bond acceptors (Lipinski definition) is 6. The summed E-state index contributed by atoms with van der Waals surface area (Å²) in [7, 11) is 1.64. The molecule has 1 saturated heterocycles. The Morgan fingerprint density at radius 1 is 1.12 bits per heavy atom. The van der Waals surface area contributed by atoms with Crippen molar-refractivity contribution in [1.29, 1.82) is 0 Å². The molecule has 0 aromatic heterocycles. The Hall–Kier alpha value is -3.26. The Balaban J connectivity index is 1.51. The van der Waals surface area contributed by atoms with Crippen molar-refractivity contribution >= 4 is 12.0 Å². The lowest BCUT2D eigenvalue weighted by Crippen LogP contribution is -2.49. The largest absolute Gasteiger partial charge is 0.493 e. The fourth-order valence-electron chi connectivity index (χ4n) is 6.07. The van der Waals surface area contributed by atoms with Gasteiger partial charge in [0.2, 0.25) is 5.91 Å². The molecule has 0 spiro atoms. The Morgan fingerprint density at radius 3 is 2.51 bits per heavy atom. The van der Waals surface area contributed by atoms with Gasteiger partial charge in [-0.05, 0) is 62.3 Å². The van der Waals surface area contributed by atoms with Gasteiger partial charge in [0.1, 0.15) is 12.6 Å². The molecule has 8 heteroatoms. The van der Waals surface area contributed by atoms with Gasteiger partial charge in [-0.3, -0.25) is 4.79 Å². The fourth-order valence-corrected chi connectivity index (χ4v) is 6.07. The van der Waals surface area contributed by atoms with E-state index in [1.54, 1.807) is 18.9 Å². The second-order valence-corrected chi connectivity index (χ2v) is 11.8. The first-order valence-electron chi connectivity index (χ1n) is 15.0. The lowest BCUT2D eigenvalue weighted by atomic mass is 9.72. The molecule has 2 aromatic rings. The van der Waals surface area contributed by atoms with E-state index in [0.717, 1.165) is 36.8 Å². The zero-order chi connectivity index (χ0) is 29.4. The molecule has 2 aromatic carbocycles. The number of aliphatic hydroxyl groups excluding tert-OH is 1. The lowest BCUT2D eigenvalue weighted by Gasteiger charge is -2.34. The first-order valence-corrected chi connectivity index (χ1v) is 15.0. The first-order chi connectivity index (χ1) is 19.7. The number of rotatable bonds is 12. The van der Waals surface area contributed by atoms with Crippen molar-refractivity contribution < 1.29 is 28.9 Å². The van der Waals surface area contributed by atoms with Gasteiger partial charge in [-0.1, -0.05) is 63.1 Å². The highest BCUT2D eigenvalue weighted by Crippen LogP contribution is 2.47. The highest BCUT2D eigenvalue weighted by atomic mass is 16.5. The van der Waals surface area contributed by atoms with Crippen molar-refractivity contribution in [3.8, 4) is 11.5 Å². The van der Waals surface area contributed by atoms with Crippen LogP contribution >= 0.6 is 0 Å². The summed E-state index contributed by atoms with van der Waals surface area (Å²) in [5, 5.41) is 13.8. The molecular weight excluding hydrogens is 520 g/mol. The van der Waals surface area contributed by atoms with E-state index < -0.39 is 23.7 Å². The second-order valence-electron chi connectivity index (χ2n) is 11.8. The van der Waals surface area contributed by atoms with Gasteiger partial charge in [0.25, 0.3) is 0 Å². The summed E-state index contributed by atoms with van der Waals surface area (Å²) in [5.41, 5.74) is 1.29. The van der Waals surface area contributed by atoms with Crippen molar-refractivity contribution in [2.45, 2.75) is 96.5 Å². The third kappa shape index (κ3) is 7.53. The topological polar surface area (TPSA) is 97.3 Å². The van der Waals surface area contributed by atoms with Crippen LogP contribution in [0.5, 0.6) is 11.5 Å². The summed E-state index contributed by atoms with van der Waals surface area (Å²) in [6.45, 7) is 6.81. The molecule has 2 N–H and O–H groups in total. The summed E-state index contributed by atoms with van der Waals surface area (Å²) >= 11 is 0. The number of likely N-dealkylation sites (tertiary alicyclic amines) is 1. The number of ether oxygens (including phenoxy) is 3. The molecule has 2 fully saturated rings. The monoisotopic (exact) mass is 566 g/mol. The summed E-state index contributed by atoms with van der Waals surface area (Å²) in [6.07, 6.45) is 5.51. The zero-order valence-corrected chi connectivity index (χ0v) is 24.9. The minimum Gasteiger partial charge on any atom is -0.493 e. The SMILES string of the molecule is CCCC[C@H](NC(=O)OCc1ccccc1)C(=O)N1C[C@@H](c2ccc(OC)c(OC3CCCC3)c2)[C@](C)(C(C)O)C1. The highest BCUT2D eigenvalue weighted by molar-refractivity contribution is 5.86. The molecule has 4 rings (SSSR count). The number of amides is 2. The minimum absolute atomic E-state index is 0.125. The molecule has 224 valence electrons. The number of hydrogen-bond donors (Lipinski definition) is 2. The van der Waals surface area contributed by atoms with Gasteiger partial charge < -0.3 is 29.5 Å². The number of methoxy groups -OCH3 is 1. The first kappa shape index (κ1) is 30.7. The standard InChI is InChI=1S/C33H46N2O6/c1-5-6-16-28(34-32(38)40-21-24-12-8-7-9-13-24)31(37)35-20-27(33(3,22-35)23(2)36)25-17-18-29(39-4)30(19-25)41-26-14-10-11-15-26/h7-9,12-13,17-19,23,26-28,36H,5-6,10-11,14-16,20-22H2,1-4H3,(H,34,38)/t23?,27-,28-,33-/m0/s1. The van der Waals surface area contributed by atoms with Crippen molar-refractivity contribution in [1.82, 2.24) is 10.2 Å². The van der Waals surface area contributed by atoms with E-state index in [1.165, 1.54) is 12.8 Å². The maximum Gasteiger partial charge on any atom is 0.408 e. The molecule has 8 nitrogen and oxygen atoms in total. The normalized spacial score (nSPS) is 22.3. The Labute approximate surface area is 244 Å². The highest BCUT2D eigenvalue weighted by Gasteiger charge is 2.49. The molecule has 1 heterocycles. The molecule has 1 saturated carbocycles. The van der Waals surface area contributed by atoms with Crippen molar-refractivity contribution in [3.63, 3.8) is 0 Å². The number of carbonyl (C=O) groups is 2. The molecule has 41 heavy (non-hydrogen) atoms. The number of benzene rings is 2. The van der Waals surface area contributed by atoms with Crippen LogP contribution in [0, 0.1) is 5.41 Å². The molecule has 2 amide bonds. The Bertz CT molecular complexity index is 1150. The van der Waals surface area contributed by atoms with Crippen LogP contribution in [0.2, 0.25) is 0 Å². The molecule has 0 radical (unpaired) electrons. The van der Waals surface area contributed by atoms with Gasteiger partial charge in [0.15, 0.2) is 11.5 Å². The van der Waals surface area contributed by atoms with Gasteiger partial charge in [-0.15, -0.1) is 0 Å². The quantitative estimate of drug-likeness (QED) is 0.336. The Kier molecular flexibility index (Phi) is 10.5. The van der Waals surface area contributed by atoms with Gasteiger partial charge in [0, 0.05) is 24.4 Å². The summed E-state index contributed by atoms with van der Waals surface area (Å²) < 4.78 is 17.4. The van der Waals surface area contributed by atoms with Crippen LogP contribution in [-0.4, -0.2) is 60.5 Å². The van der Waals surface area contributed by atoms with Gasteiger partial charge in [-0.25, -0.2) is 4.79 Å². The van der Waals surface area contributed by atoms with Gasteiger partial charge in [0.05, 0.1) is 19.3 Å². The summed E-state index contributed by atoms with van der Waals surface area (Å²) in [6, 6.07) is 14.7. The lowest BCUT2D eigenvalue weighted by molar-refractivity contribution is -0.133. The summed E-state index contributed by atoms with van der Waals surface area (Å²) in [4.78, 5) is 28.4. The molecular formula is C33H46N2O6. The molecule has 1 unspecified atom stereocenters. The molecule has 1 aliphatic carbocycles. The van der Waals surface area contributed by atoms with Crippen molar-refractivity contribution in [2.75, 3.05) is 20.2 Å². The molecule has 2 aliphatic rings. The number of nitrogens with one attached hydrogen (secondary N) is 1. The number of alkyl carbamates (subject to hydrolysis) is 1. The van der Waals surface area contributed by atoms with Crippen LogP contribution in [0.1, 0.15) is 82.8 Å². The van der Waals surface area contributed by atoms with Gasteiger partial charge >= 0.3 is 6.09 Å².